The van der Waals surface area contributed by atoms with Crippen molar-refractivity contribution in [2.75, 3.05) is 0 Å². The van der Waals surface area contributed by atoms with Gasteiger partial charge >= 0.3 is 0 Å². The van der Waals surface area contributed by atoms with Crippen LogP contribution < -0.4 is 5.73 Å². The van der Waals surface area contributed by atoms with Gasteiger partial charge in [-0.15, -0.1) is 0 Å². The van der Waals surface area contributed by atoms with E-state index in [-0.39, 0.29) is 16.1 Å². The summed E-state index contributed by atoms with van der Waals surface area (Å²) in [5.41, 5.74) is 4.96. The van der Waals surface area contributed by atoms with E-state index in [1.807, 2.05) is 20.8 Å². The lowest BCUT2D eigenvalue weighted by molar-refractivity contribution is -0.118. The van der Waals surface area contributed by atoms with Crippen molar-refractivity contribution in [1.29, 1.82) is 0 Å². The van der Waals surface area contributed by atoms with E-state index in [2.05, 4.69) is 15.9 Å². The van der Waals surface area contributed by atoms with Gasteiger partial charge in [-0.25, -0.2) is 0 Å². The number of carbonyl (C=O) groups excluding carboxylic acids is 1. The van der Waals surface area contributed by atoms with Crippen molar-refractivity contribution in [1.82, 2.24) is 0 Å². The Hall–Kier alpha value is -0.0500. The smallest absolute Gasteiger partial charge is 0.231 e. The van der Waals surface area contributed by atoms with Crippen molar-refractivity contribution in [3.63, 3.8) is 0 Å². The summed E-state index contributed by atoms with van der Waals surface area (Å²) in [7, 11) is 0. The number of nitrogens with two attached hydrogens (primary N) is 1. The molecule has 2 nitrogen and oxygen atoms in total. The van der Waals surface area contributed by atoms with Gasteiger partial charge in [0.2, 0.25) is 5.91 Å². The Bertz CT molecular complexity index is 117. The molecule has 0 saturated carbocycles. The molecule has 2 N–H and O–H groups in total. The van der Waals surface area contributed by atoms with Crippen molar-refractivity contribution >= 4 is 21.8 Å². The summed E-state index contributed by atoms with van der Waals surface area (Å²) in [6, 6.07) is 0. The highest BCUT2D eigenvalue weighted by Crippen LogP contribution is 2.25. The molecule has 54 valence electrons. The Morgan fingerprint density at radius 3 is 1.89 bits per heavy atom. The average Bonchev–Trinajstić information content (AvgIpc) is 1.62. The second kappa shape index (κ2) is 2.69. The number of primary amides is 1. The molecular formula is C6H12BrNO. The third-order valence-electron chi connectivity index (χ3n) is 1.01. The molecule has 0 aliphatic heterocycles. The number of amides is 1. The highest BCUT2D eigenvalue weighted by atomic mass is 79.9. The van der Waals surface area contributed by atoms with E-state index in [9.17, 15) is 4.79 Å². The molecule has 1 amide bonds. The van der Waals surface area contributed by atoms with Crippen LogP contribution in [0.25, 0.3) is 0 Å². The third kappa shape index (κ3) is 2.84. The fourth-order valence-electron chi connectivity index (χ4n) is 0.427. The lowest BCUT2D eigenvalue weighted by Crippen LogP contribution is -2.34. The molecule has 0 bridgehead atoms. The van der Waals surface area contributed by atoms with Crippen molar-refractivity contribution in [2.45, 2.75) is 25.6 Å². The topological polar surface area (TPSA) is 43.1 Å². The van der Waals surface area contributed by atoms with E-state index >= 15 is 0 Å². The highest BCUT2D eigenvalue weighted by molar-refractivity contribution is 9.10. The van der Waals surface area contributed by atoms with E-state index in [4.69, 9.17) is 5.73 Å². The molecule has 3 heteroatoms. The minimum atomic E-state index is -0.303. The van der Waals surface area contributed by atoms with Gasteiger partial charge in [0.25, 0.3) is 0 Å². The summed E-state index contributed by atoms with van der Waals surface area (Å²) in [5.74, 6) is -0.303. The van der Waals surface area contributed by atoms with E-state index in [0.29, 0.717) is 0 Å². The summed E-state index contributed by atoms with van der Waals surface area (Å²) < 4.78 is 0. The first-order valence-electron chi connectivity index (χ1n) is 2.79. The summed E-state index contributed by atoms with van der Waals surface area (Å²) in [5, 5.41) is 0. The zero-order valence-electron chi connectivity index (χ0n) is 5.94. The Morgan fingerprint density at radius 1 is 1.56 bits per heavy atom. The molecule has 0 rings (SSSR count). The SMILES string of the molecule is CC(C)(C)C(Br)C(N)=O. The fraction of sp³-hybridized carbons (Fsp3) is 0.833. The summed E-state index contributed by atoms with van der Waals surface area (Å²) in [6.07, 6.45) is 0. The summed E-state index contributed by atoms with van der Waals surface area (Å²) in [4.78, 5) is 10.3. The largest absolute Gasteiger partial charge is 0.369 e. The molecule has 0 spiro atoms. The number of carbonyl (C=O) groups is 1. The van der Waals surface area contributed by atoms with Crippen molar-refractivity contribution in [2.24, 2.45) is 11.1 Å². The molecular weight excluding hydrogens is 182 g/mol. The van der Waals surface area contributed by atoms with Crippen LogP contribution in [0.3, 0.4) is 0 Å². The second-order valence-corrected chi connectivity index (χ2v) is 4.05. The van der Waals surface area contributed by atoms with Gasteiger partial charge in [0.15, 0.2) is 0 Å². The van der Waals surface area contributed by atoms with Crippen molar-refractivity contribution in [3.8, 4) is 0 Å². The minimum absolute atomic E-state index is 0.0775. The molecule has 0 aromatic rings. The predicted molar refractivity (Wildman–Crippen MR) is 41.4 cm³/mol. The van der Waals surface area contributed by atoms with E-state index in [1.54, 1.807) is 0 Å². The van der Waals surface area contributed by atoms with Crippen LogP contribution in [0.4, 0.5) is 0 Å². The second-order valence-electron chi connectivity index (χ2n) is 3.13. The maximum Gasteiger partial charge on any atom is 0.231 e. The number of hydrogen-bond acceptors (Lipinski definition) is 1. The molecule has 0 aromatic carbocycles. The minimum Gasteiger partial charge on any atom is -0.369 e. The highest BCUT2D eigenvalue weighted by Gasteiger charge is 2.26. The molecule has 0 aliphatic carbocycles. The maximum atomic E-state index is 10.5. The first kappa shape index (κ1) is 8.95. The Labute approximate surface area is 63.9 Å². The van der Waals surface area contributed by atoms with Gasteiger partial charge in [0.1, 0.15) is 0 Å². The van der Waals surface area contributed by atoms with Crippen LogP contribution in [-0.4, -0.2) is 10.7 Å². The predicted octanol–water partition coefficient (Wildman–Crippen LogP) is 1.28. The number of alkyl halides is 1. The molecule has 0 heterocycles. The van der Waals surface area contributed by atoms with Gasteiger partial charge in [-0.1, -0.05) is 36.7 Å². The number of halogens is 1. The van der Waals surface area contributed by atoms with Crippen LogP contribution >= 0.6 is 15.9 Å². The number of rotatable bonds is 1. The molecule has 1 unspecified atom stereocenters. The van der Waals surface area contributed by atoms with Crippen molar-refractivity contribution in [3.05, 3.63) is 0 Å². The van der Waals surface area contributed by atoms with E-state index in [1.165, 1.54) is 0 Å². The van der Waals surface area contributed by atoms with Gasteiger partial charge in [0.05, 0.1) is 4.83 Å². The van der Waals surface area contributed by atoms with Gasteiger partial charge in [-0.2, -0.15) is 0 Å². The third-order valence-corrected chi connectivity index (χ3v) is 2.83. The molecule has 0 radical (unpaired) electrons. The first-order valence-corrected chi connectivity index (χ1v) is 3.70. The molecule has 0 fully saturated rings. The molecule has 0 saturated heterocycles. The monoisotopic (exact) mass is 193 g/mol. The first-order chi connectivity index (χ1) is 3.85. The van der Waals surface area contributed by atoms with Gasteiger partial charge in [-0.05, 0) is 5.41 Å². The average molecular weight is 194 g/mol. The number of hydrogen-bond donors (Lipinski definition) is 1. The molecule has 1 atom stereocenters. The van der Waals surface area contributed by atoms with Crippen LogP contribution in [0.15, 0.2) is 0 Å². The van der Waals surface area contributed by atoms with Crippen LogP contribution in [0.1, 0.15) is 20.8 Å². The Morgan fingerprint density at radius 2 is 1.89 bits per heavy atom. The van der Waals surface area contributed by atoms with Gasteiger partial charge in [0, 0.05) is 0 Å². The zero-order chi connectivity index (χ0) is 7.65. The molecule has 9 heavy (non-hydrogen) atoms. The molecule has 0 aliphatic rings. The normalized spacial score (nSPS) is 15.1. The van der Waals surface area contributed by atoms with Crippen LogP contribution in [0, 0.1) is 5.41 Å². The van der Waals surface area contributed by atoms with Crippen LogP contribution in [0.2, 0.25) is 0 Å². The summed E-state index contributed by atoms with van der Waals surface area (Å²) in [6.45, 7) is 5.87. The van der Waals surface area contributed by atoms with Crippen LogP contribution in [-0.2, 0) is 4.79 Å². The summed E-state index contributed by atoms with van der Waals surface area (Å²) >= 11 is 3.19. The van der Waals surface area contributed by atoms with E-state index in [0.717, 1.165) is 0 Å². The van der Waals surface area contributed by atoms with Crippen LogP contribution in [0.5, 0.6) is 0 Å². The van der Waals surface area contributed by atoms with Gasteiger partial charge < -0.3 is 5.73 Å². The lowest BCUT2D eigenvalue weighted by Gasteiger charge is -2.21. The quantitative estimate of drug-likeness (QED) is 0.627. The standard InChI is InChI=1S/C6H12BrNO/c1-6(2,3)4(7)5(8)9/h4H,1-3H3,(H2,8,9). The maximum absolute atomic E-state index is 10.5. The fourth-order valence-corrected chi connectivity index (χ4v) is 0.427. The van der Waals surface area contributed by atoms with Gasteiger partial charge in [-0.3, -0.25) is 4.79 Å². The van der Waals surface area contributed by atoms with Crippen molar-refractivity contribution < 1.29 is 4.79 Å². The lowest BCUT2D eigenvalue weighted by atomic mass is 9.92. The molecule has 0 aromatic heterocycles. The zero-order valence-corrected chi connectivity index (χ0v) is 7.53. The Kier molecular flexibility index (Phi) is 2.67. The van der Waals surface area contributed by atoms with E-state index < -0.39 is 0 Å². The Balaban J connectivity index is 4.04.